The lowest BCUT2D eigenvalue weighted by atomic mass is 10.1. The van der Waals surface area contributed by atoms with Crippen molar-refractivity contribution in [1.29, 1.82) is 0 Å². The Hall–Kier alpha value is -3.59. The van der Waals surface area contributed by atoms with E-state index < -0.39 is 70.8 Å². The van der Waals surface area contributed by atoms with E-state index in [9.17, 15) is 40.5 Å². The lowest BCUT2D eigenvalue weighted by Gasteiger charge is -2.32. The van der Waals surface area contributed by atoms with Crippen LogP contribution >= 0.6 is 0 Å². The predicted octanol–water partition coefficient (Wildman–Crippen LogP) is 1.05. The molecule has 0 spiro atoms. The SMILES string of the molecule is O=c1c(O[C@H]2C[C@@H](O)C[C@@H](CO)O2)c(-c2ccc(O)cc2)oc2cc(O)c(O[C@H]3C[C@@H](O)C[C@@H](CO)O3)c(O)c12. The molecule has 5 rings (SSSR count). The van der Waals surface area contributed by atoms with E-state index in [2.05, 4.69) is 0 Å². The number of ether oxygens (including phenoxy) is 4. The van der Waals surface area contributed by atoms with E-state index in [1.807, 2.05) is 0 Å². The highest BCUT2D eigenvalue weighted by atomic mass is 16.7. The summed E-state index contributed by atoms with van der Waals surface area (Å²) < 4.78 is 28.6. The fraction of sp³-hybridized carbons (Fsp3) is 0.444. The number of fused-ring (bicyclic) bond motifs is 1. The van der Waals surface area contributed by atoms with Gasteiger partial charge in [-0.1, -0.05) is 0 Å². The second-order valence-corrected chi connectivity index (χ2v) is 9.81. The summed E-state index contributed by atoms with van der Waals surface area (Å²) in [5.74, 6) is -2.44. The minimum Gasteiger partial charge on any atom is -0.508 e. The predicted molar refractivity (Wildman–Crippen MR) is 136 cm³/mol. The maximum Gasteiger partial charge on any atom is 0.239 e. The topological polar surface area (TPSA) is 209 Å². The van der Waals surface area contributed by atoms with Crippen molar-refractivity contribution in [1.82, 2.24) is 0 Å². The minimum atomic E-state index is -1.15. The standard InChI is InChI=1S/C27H30O13/c28-10-16-5-14(31)7-20(36-16)39-26-18(33)9-19-22(23(26)34)24(35)27(25(38-19)12-1-3-13(30)4-2-12)40-21-8-15(32)6-17(11-29)37-21/h1-4,9,14-17,20-21,28-34H,5-8,10-11H2/t14-,15-,16-,17-,20-,21-/m0/s1. The van der Waals surface area contributed by atoms with Crippen LogP contribution in [0.25, 0.3) is 22.3 Å². The van der Waals surface area contributed by atoms with E-state index in [4.69, 9.17) is 23.4 Å². The Morgan fingerprint density at radius 3 is 1.90 bits per heavy atom. The first-order valence-corrected chi connectivity index (χ1v) is 12.7. The Labute approximate surface area is 227 Å². The normalized spacial score (nSPS) is 27.0. The lowest BCUT2D eigenvalue weighted by molar-refractivity contribution is -0.185. The number of aliphatic hydroxyl groups is 4. The zero-order chi connectivity index (χ0) is 28.6. The lowest BCUT2D eigenvalue weighted by Crippen LogP contribution is -2.41. The highest BCUT2D eigenvalue weighted by Gasteiger charge is 2.34. The summed E-state index contributed by atoms with van der Waals surface area (Å²) in [7, 11) is 0. The van der Waals surface area contributed by atoms with Gasteiger partial charge in [0.1, 0.15) is 16.7 Å². The largest absolute Gasteiger partial charge is 0.508 e. The summed E-state index contributed by atoms with van der Waals surface area (Å²) in [6.45, 7) is -0.768. The second kappa shape index (κ2) is 11.5. The molecule has 7 N–H and O–H groups in total. The van der Waals surface area contributed by atoms with Gasteiger partial charge in [-0.05, 0) is 24.3 Å². The average Bonchev–Trinajstić information content (AvgIpc) is 2.92. The Bertz CT molecular complexity index is 1400. The first-order valence-electron chi connectivity index (χ1n) is 12.7. The van der Waals surface area contributed by atoms with E-state index in [-0.39, 0.29) is 56.0 Å². The van der Waals surface area contributed by atoms with Gasteiger partial charge in [0.05, 0.1) is 37.6 Å². The molecule has 0 amide bonds. The number of phenols is 3. The maximum absolute atomic E-state index is 13.8. The van der Waals surface area contributed by atoms with Crippen LogP contribution in [0.5, 0.6) is 28.7 Å². The summed E-state index contributed by atoms with van der Waals surface area (Å²) in [6, 6.07) is 6.69. The molecule has 1 aromatic heterocycles. The van der Waals surface area contributed by atoms with E-state index >= 15 is 0 Å². The summed E-state index contributed by atoms with van der Waals surface area (Å²) in [4.78, 5) is 13.8. The van der Waals surface area contributed by atoms with Crippen LogP contribution in [0, 0.1) is 0 Å². The van der Waals surface area contributed by atoms with Gasteiger partial charge < -0.3 is 59.1 Å². The van der Waals surface area contributed by atoms with E-state index in [1.165, 1.54) is 24.3 Å². The van der Waals surface area contributed by atoms with Crippen molar-refractivity contribution in [2.45, 2.75) is 62.7 Å². The minimum absolute atomic E-state index is 0.0215. The fourth-order valence-corrected chi connectivity index (χ4v) is 4.86. The molecule has 0 aliphatic carbocycles. The Balaban J connectivity index is 1.60. The van der Waals surface area contributed by atoms with Gasteiger partial charge in [-0.25, -0.2) is 0 Å². The summed E-state index contributed by atoms with van der Waals surface area (Å²) in [5, 5.41) is 70.3. The first kappa shape index (κ1) is 28.0. The molecule has 0 bridgehead atoms. The number of phenolic OH excluding ortho intramolecular Hbond substituents is 3. The molecule has 3 aromatic rings. The Morgan fingerprint density at radius 1 is 0.800 bits per heavy atom. The molecule has 2 aliphatic rings. The molecular weight excluding hydrogens is 532 g/mol. The summed E-state index contributed by atoms with van der Waals surface area (Å²) in [5.41, 5.74) is -0.784. The van der Waals surface area contributed by atoms with Gasteiger partial charge in [0.25, 0.3) is 0 Å². The molecule has 13 nitrogen and oxygen atoms in total. The van der Waals surface area contributed by atoms with Crippen LogP contribution in [0.1, 0.15) is 25.7 Å². The average molecular weight is 563 g/mol. The van der Waals surface area contributed by atoms with Crippen molar-refractivity contribution in [3.8, 4) is 40.1 Å². The number of benzene rings is 2. The van der Waals surface area contributed by atoms with Gasteiger partial charge in [0, 0.05) is 37.3 Å². The number of aliphatic hydroxyl groups excluding tert-OH is 4. The molecule has 2 saturated heterocycles. The molecule has 2 aliphatic heterocycles. The smallest absolute Gasteiger partial charge is 0.239 e. The zero-order valence-electron chi connectivity index (χ0n) is 21.2. The fourth-order valence-electron chi connectivity index (χ4n) is 4.86. The molecule has 6 atom stereocenters. The molecule has 216 valence electrons. The van der Waals surface area contributed by atoms with Gasteiger partial charge >= 0.3 is 0 Å². The van der Waals surface area contributed by atoms with Crippen LogP contribution in [0.2, 0.25) is 0 Å². The van der Waals surface area contributed by atoms with Crippen LogP contribution in [0.3, 0.4) is 0 Å². The third-order valence-electron chi connectivity index (χ3n) is 6.77. The molecule has 40 heavy (non-hydrogen) atoms. The molecule has 0 radical (unpaired) electrons. The monoisotopic (exact) mass is 562 g/mol. The van der Waals surface area contributed by atoms with Crippen LogP contribution in [0.15, 0.2) is 39.5 Å². The molecule has 2 aromatic carbocycles. The quantitative estimate of drug-likeness (QED) is 0.215. The van der Waals surface area contributed by atoms with Gasteiger partial charge in [0.15, 0.2) is 17.3 Å². The first-order chi connectivity index (χ1) is 19.2. The van der Waals surface area contributed by atoms with Crippen LogP contribution in [0.4, 0.5) is 0 Å². The van der Waals surface area contributed by atoms with E-state index in [1.54, 1.807) is 0 Å². The van der Waals surface area contributed by atoms with Crippen molar-refractivity contribution in [2.75, 3.05) is 13.2 Å². The van der Waals surface area contributed by atoms with Gasteiger partial charge in [-0.15, -0.1) is 0 Å². The van der Waals surface area contributed by atoms with E-state index in [0.717, 1.165) is 6.07 Å². The van der Waals surface area contributed by atoms with Gasteiger partial charge in [-0.2, -0.15) is 0 Å². The number of aromatic hydroxyl groups is 3. The van der Waals surface area contributed by atoms with E-state index in [0.29, 0.717) is 5.56 Å². The molecule has 2 fully saturated rings. The highest BCUT2D eigenvalue weighted by molar-refractivity contribution is 5.91. The zero-order valence-corrected chi connectivity index (χ0v) is 21.2. The third-order valence-corrected chi connectivity index (χ3v) is 6.77. The van der Waals surface area contributed by atoms with Gasteiger partial charge in [-0.3, -0.25) is 4.79 Å². The van der Waals surface area contributed by atoms with Crippen molar-refractivity contribution >= 4 is 11.0 Å². The molecule has 0 saturated carbocycles. The van der Waals surface area contributed by atoms with Crippen molar-refractivity contribution in [3.05, 3.63) is 40.6 Å². The summed E-state index contributed by atoms with van der Waals surface area (Å²) >= 11 is 0. The molecule has 0 unspecified atom stereocenters. The van der Waals surface area contributed by atoms with Crippen molar-refractivity contribution in [2.24, 2.45) is 0 Å². The number of hydrogen-bond acceptors (Lipinski definition) is 13. The Kier molecular flexibility index (Phi) is 8.03. The van der Waals surface area contributed by atoms with Crippen LogP contribution in [-0.4, -0.2) is 86.0 Å². The Morgan fingerprint density at radius 2 is 1.35 bits per heavy atom. The van der Waals surface area contributed by atoms with Crippen molar-refractivity contribution < 1.29 is 59.1 Å². The maximum atomic E-state index is 13.8. The third kappa shape index (κ3) is 5.66. The van der Waals surface area contributed by atoms with Crippen LogP contribution < -0.4 is 14.9 Å². The van der Waals surface area contributed by atoms with Crippen molar-refractivity contribution in [3.63, 3.8) is 0 Å². The van der Waals surface area contributed by atoms with Crippen LogP contribution in [-0.2, 0) is 9.47 Å². The number of hydrogen-bond donors (Lipinski definition) is 7. The van der Waals surface area contributed by atoms with Gasteiger partial charge in [0.2, 0.25) is 29.5 Å². The highest BCUT2D eigenvalue weighted by Crippen LogP contribution is 2.45. The molecular formula is C27H30O13. The number of rotatable bonds is 7. The molecule has 3 heterocycles. The second-order valence-electron chi connectivity index (χ2n) is 9.81. The summed E-state index contributed by atoms with van der Waals surface area (Å²) in [6.07, 6.45) is -5.22. The molecule has 13 heteroatoms.